The molecule has 3 rings (SSSR count). The summed E-state index contributed by atoms with van der Waals surface area (Å²) < 4.78 is 0. The van der Waals surface area contributed by atoms with Gasteiger partial charge in [-0.05, 0) is 36.8 Å². The highest BCUT2D eigenvalue weighted by Gasteiger charge is 2.11. The van der Waals surface area contributed by atoms with Crippen LogP contribution in [0, 0.1) is 6.92 Å². The Bertz CT molecular complexity index is 834. The molecule has 0 aliphatic rings. The summed E-state index contributed by atoms with van der Waals surface area (Å²) in [6, 6.07) is 21.4. The number of para-hydroxylation sites is 1. The molecule has 0 spiro atoms. The molecule has 2 nitrogen and oxygen atoms in total. The molecule has 0 aliphatic carbocycles. The fourth-order valence-corrected chi connectivity index (χ4v) is 3.10. The van der Waals surface area contributed by atoms with E-state index >= 15 is 0 Å². The molecule has 0 fully saturated rings. The second-order valence-electron chi connectivity index (χ2n) is 5.31. The van der Waals surface area contributed by atoms with Gasteiger partial charge < -0.3 is 0 Å². The van der Waals surface area contributed by atoms with Crippen molar-refractivity contribution in [2.45, 2.75) is 13.3 Å². The average molecular weight is 319 g/mol. The Hall–Kier alpha value is -2.52. The first-order valence-corrected chi connectivity index (χ1v) is 8.31. The summed E-state index contributed by atoms with van der Waals surface area (Å²) in [7, 11) is 0. The Morgan fingerprint density at radius 2 is 1.74 bits per heavy atom. The predicted octanol–water partition coefficient (Wildman–Crippen LogP) is 5.23. The summed E-state index contributed by atoms with van der Waals surface area (Å²) in [5, 5.41) is 0. The zero-order chi connectivity index (χ0) is 16.1. The molecule has 0 N–H and O–H groups in total. The number of hydrogen-bond acceptors (Lipinski definition) is 3. The summed E-state index contributed by atoms with van der Waals surface area (Å²) in [5.41, 5.74) is 2.41. The van der Waals surface area contributed by atoms with E-state index in [2.05, 4.69) is 18.0 Å². The minimum absolute atomic E-state index is 0.0892. The molecule has 0 saturated carbocycles. The smallest absolute Gasteiger partial charge is 0.169 e. The van der Waals surface area contributed by atoms with Gasteiger partial charge in [0, 0.05) is 28.0 Å². The third-order valence-electron chi connectivity index (χ3n) is 3.50. The Morgan fingerprint density at radius 1 is 1.00 bits per heavy atom. The monoisotopic (exact) mass is 319 g/mol. The third kappa shape index (κ3) is 4.02. The fraction of sp³-hybridized carbons (Fsp3) is 0.100. The Balaban J connectivity index is 1.82. The number of thiophene rings is 1. The van der Waals surface area contributed by atoms with Crippen molar-refractivity contribution in [3.63, 3.8) is 0 Å². The Morgan fingerprint density at radius 3 is 2.48 bits per heavy atom. The molecule has 0 radical (unpaired) electrons. The van der Waals surface area contributed by atoms with Crippen molar-refractivity contribution in [1.82, 2.24) is 0 Å². The van der Waals surface area contributed by atoms with Gasteiger partial charge in [0.15, 0.2) is 5.78 Å². The molecule has 114 valence electrons. The van der Waals surface area contributed by atoms with E-state index in [1.165, 1.54) is 4.88 Å². The van der Waals surface area contributed by atoms with E-state index in [-0.39, 0.29) is 5.78 Å². The van der Waals surface area contributed by atoms with Crippen LogP contribution in [0.4, 0.5) is 5.69 Å². The number of carbonyl (C=O) groups excluding carboxylic acids is 1. The number of aryl methyl sites for hydroxylation is 1. The molecule has 0 amide bonds. The molecule has 0 saturated heterocycles. The van der Waals surface area contributed by atoms with Crippen LogP contribution in [0.3, 0.4) is 0 Å². The summed E-state index contributed by atoms with van der Waals surface area (Å²) in [4.78, 5) is 19.4. The van der Waals surface area contributed by atoms with Gasteiger partial charge in [0.05, 0.1) is 5.69 Å². The number of aliphatic imine (C=N–C) groups is 1. The van der Waals surface area contributed by atoms with Gasteiger partial charge in [-0.3, -0.25) is 9.79 Å². The fourth-order valence-electron chi connectivity index (χ4n) is 2.35. The van der Waals surface area contributed by atoms with Crippen molar-refractivity contribution < 1.29 is 4.79 Å². The van der Waals surface area contributed by atoms with Crippen LogP contribution in [0.15, 0.2) is 71.7 Å². The SMILES string of the molecule is Cc1ccc(C=Nc2ccccc2C(=O)Cc2ccccc2)s1. The average Bonchev–Trinajstić information content (AvgIpc) is 2.99. The highest BCUT2D eigenvalue weighted by atomic mass is 32.1. The number of rotatable bonds is 5. The van der Waals surface area contributed by atoms with Gasteiger partial charge in [0.25, 0.3) is 0 Å². The first-order chi connectivity index (χ1) is 11.2. The molecule has 23 heavy (non-hydrogen) atoms. The Labute approximate surface area is 140 Å². The number of ketones is 1. The first-order valence-electron chi connectivity index (χ1n) is 7.49. The van der Waals surface area contributed by atoms with Crippen LogP contribution in [-0.2, 0) is 6.42 Å². The van der Waals surface area contributed by atoms with Crippen LogP contribution in [0.25, 0.3) is 0 Å². The molecule has 0 atom stereocenters. The summed E-state index contributed by atoms with van der Waals surface area (Å²) in [6.07, 6.45) is 2.22. The minimum atomic E-state index is 0.0892. The summed E-state index contributed by atoms with van der Waals surface area (Å²) >= 11 is 1.69. The van der Waals surface area contributed by atoms with Gasteiger partial charge in [-0.15, -0.1) is 11.3 Å². The second kappa shape index (κ2) is 7.16. The van der Waals surface area contributed by atoms with Crippen LogP contribution < -0.4 is 0 Å². The van der Waals surface area contributed by atoms with E-state index in [1.807, 2.05) is 66.9 Å². The van der Waals surface area contributed by atoms with Crippen LogP contribution in [0.5, 0.6) is 0 Å². The van der Waals surface area contributed by atoms with Gasteiger partial charge in [-0.25, -0.2) is 0 Å². The number of nitrogens with zero attached hydrogens (tertiary/aromatic N) is 1. The first kappa shape index (κ1) is 15.4. The van der Waals surface area contributed by atoms with Gasteiger partial charge >= 0.3 is 0 Å². The molecule has 1 aromatic heterocycles. The van der Waals surface area contributed by atoms with Gasteiger partial charge in [-0.1, -0.05) is 42.5 Å². The summed E-state index contributed by atoms with van der Waals surface area (Å²) in [5.74, 6) is 0.0892. The topological polar surface area (TPSA) is 29.4 Å². The minimum Gasteiger partial charge on any atom is -0.294 e. The van der Waals surface area contributed by atoms with Gasteiger partial charge in [0.1, 0.15) is 0 Å². The van der Waals surface area contributed by atoms with Crippen molar-refractivity contribution in [2.75, 3.05) is 0 Å². The quantitative estimate of drug-likeness (QED) is 0.467. The van der Waals surface area contributed by atoms with Crippen LogP contribution in [-0.4, -0.2) is 12.0 Å². The number of carbonyl (C=O) groups is 1. The highest BCUT2D eigenvalue weighted by Crippen LogP contribution is 2.22. The van der Waals surface area contributed by atoms with Crippen LogP contribution >= 0.6 is 11.3 Å². The lowest BCUT2D eigenvalue weighted by Gasteiger charge is -2.05. The van der Waals surface area contributed by atoms with E-state index in [1.54, 1.807) is 11.3 Å². The van der Waals surface area contributed by atoms with Crippen LogP contribution in [0.2, 0.25) is 0 Å². The van der Waals surface area contributed by atoms with E-state index < -0.39 is 0 Å². The van der Waals surface area contributed by atoms with Crippen LogP contribution in [0.1, 0.15) is 25.7 Å². The molecule has 3 aromatic rings. The zero-order valence-corrected chi connectivity index (χ0v) is 13.7. The van der Waals surface area contributed by atoms with Crippen molar-refractivity contribution in [3.8, 4) is 0 Å². The van der Waals surface area contributed by atoms with E-state index in [4.69, 9.17) is 0 Å². The molecular formula is C20H17NOS. The molecule has 2 aromatic carbocycles. The standard InChI is InChI=1S/C20H17NOS/c1-15-11-12-17(23-15)14-21-19-10-6-5-9-18(19)20(22)13-16-7-3-2-4-8-16/h2-12,14H,13H2,1H3. The molecule has 1 heterocycles. The van der Waals surface area contributed by atoms with Gasteiger partial charge in [-0.2, -0.15) is 0 Å². The largest absolute Gasteiger partial charge is 0.294 e. The molecule has 3 heteroatoms. The lowest BCUT2D eigenvalue weighted by Crippen LogP contribution is -2.03. The van der Waals surface area contributed by atoms with Crippen molar-refractivity contribution in [1.29, 1.82) is 0 Å². The van der Waals surface area contributed by atoms with Gasteiger partial charge in [0.2, 0.25) is 0 Å². The second-order valence-corrected chi connectivity index (χ2v) is 6.63. The van der Waals surface area contributed by atoms with Crippen molar-refractivity contribution in [3.05, 3.63) is 87.6 Å². The number of Topliss-reactive ketones (excluding diaryl/α,β-unsaturated/α-hetero) is 1. The Kier molecular flexibility index (Phi) is 4.79. The lowest BCUT2D eigenvalue weighted by molar-refractivity contribution is 0.0993. The van der Waals surface area contributed by atoms with Crippen molar-refractivity contribution >= 4 is 29.0 Å². The highest BCUT2D eigenvalue weighted by molar-refractivity contribution is 7.13. The molecule has 0 aliphatic heterocycles. The number of benzene rings is 2. The maximum absolute atomic E-state index is 12.6. The molecule has 0 unspecified atom stereocenters. The maximum Gasteiger partial charge on any atom is 0.169 e. The lowest BCUT2D eigenvalue weighted by atomic mass is 10.0. The van der Waals surface area contributed by atoms with Crippen molar-refractivity contribution in [2.24, 2.45) is 4.99 Å². The summed E-state index contributed by atoms with van der Waals surface area (Å²) in [6.45, 7) is 2.07. The molecular weight excluding hydrogens is 302 g/mol. The van der Waals surface area contributed by atoms with E-state index in [0.29, 0.717) is 12.0 Å². The zero-order valence-electron chi connectivity index (χ0n) is 12.9. The van der Waals surface area contributed by atoms with E-state index in [0.717, 1.165) is 16.1 Å². The number of hydrogen-bond donors (Lipinski definition) is 0. The third-order valence-corrected chi connectivity index (χ3v) is 4.44. The van der Waals surface area contributed by atoms with E-state index in [9.17, 15) is 4.79 Å². The molecule has 0 bridgehead atoms. The maximum atomic E-state index is 12.6. The normalized spacial score (nSPS) is 11.0. The predicted molar refractivity (Wildman–Crippen MR) is 97.2 cm³/mol.